The van der Waals surface area contributed by atoms with Crippen LogP contribution in [0.1, 0.15) is 38.3 Å². The number of benzene rings is 2. The predicted octanol–water partition coefficient (Wildman–Crippen LogP) is 3.39. The molecule has 0 saturated carbocycles. The Balaban J connectivity index is 2.22. The van der Waals surface area contributed by atoms with Gasteiger partial charge in [-0.3, -0.25) is 9.59 Å². The number of fused-ring (bicyclic) bond motifs is 1. The van der Waals surface area contributed by atoms with Gasteiger partial charge in [0.25, 0.3) is 5.91 Å². The molecule has 28 heavy (non-hydrogen) atoms. The summed E-state index contributed by atoms with van der Waals surface area (Å²) in [6.07, 6.45) is -0.859. The first-order valence-corrected chi connectivity index (χ1v) is 9.14. The smallest absolute Gasteiger partial charge is 0.421 e. The van der Waals surface area contributed by atoms with Gasteiger partial charge in [-0.05, 0) is 38.0 Å². The second kappa shape index (κ2) is 7.11. The number of para-hydroxylation sites is 1. The number of imide groups is 1. The molecule has 0 radical (unpaired) electrons. The molecule has 3 amide bonds. The van der Waals surface area contributed by atoms with E-state index in [2.05, 4.69) is 5.32 Å². The molecule has 2 aromatic carbocycles. The molecule has 0 spiro atoms. The van der Waals surface area contributed by atoms with E-state index in [-0.39, 0.29) is 12.3 Å². The average Bonchev–Trinajstić information content (AvgIpc) is 2.90. The number of nitrogens with one attached hydrogen (secondary N) is 1. The lowest BCUT2D eigenvalue weighted by atomic mass is 9.72. The molecule has 0 bridgehead atoms. The normalized spacial score (nSPS) is 18.6. The summed E-state index contributed by atoms with van der Waals surface area (Å²) in [6.45, 7) is 5.23. The zero-order chi connectivity index (χ0) is 20.5. The Labute approximate surface area is 164 Å². The highest BCUT2D eigenvalue weighted by atomic mass is 16.6. The van der Waals surface area contributed by atoms with E-state index < -0.39 is 23.0 Å². The van der Waals surface area contributed by atoms with Crippen molar-refractivity contribution in [3.63, 3.8) is 0 Å². The van der Waals surface area contributed by atoms with Gasteiger partial charge in [0.15, 0.2) is 0 Å². The molecule has 0 saturated heterocycles. The van der Waals surface area contributed by atoms with Gasteiger partial charge in [-0.2, -0.15) is 0 Å². The van der Waals surface area contributed by atoms with Gasteiger partial charge in [0.05, 0.1) is 5.69 Å². The number of rotatable bonds is 3. The number of carbonyl (C=O) groups excluding carboxylic acids is 3. The van der Waals surface area contributed by atoms with Gasteiger partial charge in [-0.25, -0.2) is 9.69 Å². The molecule has 1 heterocycles. The first kappa shape index (κ1) is 19.6. The van der Waals surface area contributed by atoms with E-state index in [1.807, 2.05) is 18.2 Å². The van der Waals surface area contributed by atoms with Crippen LogP contribution in [-0.4, -0.2) is 30.6 Å². The van der Waals surface area contributed by atoms with Crippen molar-refractivity contribution in [2.24, 2.45) is 0 Å². The fourth-order valence-corrected chi connectivity index (χ4v) is 3.54. The van der Waals surface area contributed by atoms with Crippen LogP contribution in [0.25, 0.3) is 0 Å². The molecule has 1 N–H and O–H groups in total. The highest BCUT2D eigenvalue weighted by molar-refractivity contribution is 6.23. The van der Waals surface area contributed by atoms with Crippen molar-refractivity contribution < 1.29 is 19.1 Å². The Morgan fingerprint density at radius 3 is 2.25 bits per heavy atom. The minimum atomic E-state index is -1.30. The molecule has 0 fully saturated rings. The Morgan fingerprint density at radius 2 is 1.64 bits per heavy atom. The fraction of sp³-hybridized carbons (Fsp3) is 0.318. The summed E-state index contributed by atoms with van der Waals surface area (Å²) in [5, 5.41) is 2.59. The number of hydrogen-bond donors (Lipinski definition) is 1. The maximum absolute atomic E-state index is 13.7. The molecule has 0 aliphatic carbocycles. The predicted molar refractivity (Wildman–Crippen MR) is 106 cm³/mol. The summed E-state index contributed by atoms with van der Waals surface area (Å²) < 4.78 is 5.48. The topological polar surface area (TPSA) is 75.7 Å². The Morgan fingerprint density at radius 1 is 1.04 bits per heavy atom. The van der Waals surface area contributed by atoms with E-state index in [0.717, 1.165) is 4.90 Å². The van der Waals surface area contributed by atoms with E-state index in [0.29, 0.717) is 16.8 Å². The molecule has 0 unspecified atom stereocenters. The van der Waals surface area contributed by atoms with Crippen molar-refractivity contribution in [1.29, 1.82) is 0 Å². The van der Waals surface area contributed by atoms with Crippen LogP contribution in [0.4, 0.5) is 10.5 Å². The van der Waals surface area contributed by atoms with E-state index in [4.69, 9.17) is 4.74 Å². The van der Waals surface area contributed by atoms with Gasteiger partial charge < -0.3 is 10.1 Å². The van der Waals surface area contributed by atoms with Crippen molar-refractivity contribution in [2.45, 2.75) is 38.2 Å². The van der Waals surface area contributed by atoms with Gasteiger partial charge in [-0.15, -0.1) is 0 Å². The van der Waals surface area contributed by atoms with Gasteiger partial charge in [-0.1, -0.05) is 48.5 Å². The Bertz CT molecular complexity index is 918. The van der Waals surface area contributed by atoms with Gasteiger partial charge in [0.2, 0.25) is 5.91 Å². The number of carbonyl (C=O) groups is 3. The van der Waals surface area contributed by atoms with E-state index in [1.54, 1.807) is 57.2 Å². The first-order valence-electron chi connectivity index (χ1n) is 9.14. The molecule has 146 valence electrons. The second-order valence-corrected chi connectivity index (χ2v) is 7.76. The lowest BCUT2D eigenvalue weighted by Gasteiger charge is -2.29. The number of amides is 3. The van der Waals surface area contributed by atoms with Crippen LogP contribution in [0.2, 0.25) is 0 Å². The minimum Gasteiger partial charge on any atom is -0.443 e. The Hall–Kier alpha value is -3.15. The SMILES string of the molecule is CNC(=O)C[C@@]1(c2ccccc2)C(=O)N(C(=O)OC(C)(C)C)c2ccccc21. The largest absolute Gasteiger partial charge is 0.443 e. The maximum Gasteiger partial charge on any atom is 0.421 e. The van der Waals surface area contributed by atoms with Crippen molar-refractivity contribution in [1.82, 2.24) is 5.32 Å². The van der Waals surface area contributed by atoms with E-state index in [1.165, 1.54) is 7.05 Å². The van der Waals surface area contributed by atoms with Crippen molar-refractivity contribution in [3.05, 3.63) is 65.7 Å². The van der Waals surface area contributed by atoms with E-state index in [9.17, 15) is 14.4 Å². The number of nitrogens with zero attached hydrogens (tertiary/aromatic N) is 1. The van der Waals surface area contributed by atoms with Gasteiger partial charge in [0.1, 0.15) is 11.0 Å². The van der Waals surface area contributed by atoms with Crippen LogP contribution in [0.3, 0.4) is 0 Å². The minimum absolute atomic E-state index is 0.108. The summed E-state index contributed by atoms with van der Waals surface area (Å²) in [5.41, 5.74) is -0.350. The summed E-state index contributed by atoms with van der Waals surface area (Å²) in [5.74, 6) is -0.782. The highest BCUT2D eigenvalue weighted by Gasteiger charge is 2.55. The maximum atomic E-state index is 13.7. The zero-order valence-corrected chi connectivity index (χ0v) is 16.5. The standard InChI is InChI=1S/C22H24N2O4/c1-21(2,3)28-20(27)24-17-13-9-8-12-16(17)22(19(24)26,14-18(25)23-4)15-10-6-5-7-11-15/h5-13H,14H2,1-4H3,(H,23,25)/t22-/m0/s1. The summed E-state index contributed by atoms with van der Waals surface area (Å²) in [7, 11) is 1.53. The molecule has 1 atom stereocenters. The number of anilines is 1. The molecule has 3 rings (SSSR count). The van der Waals surface area contributed by atoms with Crippen LogP contribution in [0.5, 0.6) is 0 Å². The molecular formula is C22H24N2O4. The monoisotopic (exact) mass is 380 g/mol. The van der Waals surface area contributed by atoms with Gasteiger partial charge in [0, 0.05) is 13.5 Å². The first-order chi connectivity index (χ1) is 13.2. The molecule has 0 aromatic heterocycles. The molecule has 6 nitrogen and oxygen atoms in total. The third kappa shape index (κ3) is 3.26. The summed E-state index contributed by atoms with van der Waals surface area (Å²) in [6, 6.07) is 16.1. The number of ether oxygens (including phenoxy) is 1. The second-order valence-electron chi connectivity index (χ2n) is 7.76. The van der Waals surface area contributed by atoms with E-state index >= 15 is 0 Å². The van der Waals surface area contributed by atoms with Crippen molar-refractivity contribution in [2.75, 3.05) is 11.9 Å². The lowest BCUT2D eigenvalue weighted by molar-refractivity contribution is -0.128. The van der Waals surface area contributed by atoms with Gasteiger partial charge >= 0.3 is 6.09 Å². The highest BCUT2D eigenvalue weighted by Crippen LogP contribution is 2.48. The van der Waals surface area contributed by atoms with Crippen LogP contribution in [-0.2, 0) is 19.7 Å². The summed E-state index contributed by atoms with van der Waals surface area (Å²) >= 11 is 0. The summed E-state index contributed by atoms with van der Waals surface area (Å²) in [4.78, 5) is 40.1. The quantitative estimate of drug-likeness (QED) is 0.886. The average molecular weight is 380 g/mol. The molecule has 1 aliphatic rings. The number of hydrogen-bond acceptors (Lipinski definition) is 4. The third-order valence-corrected chi connectivity index (χ3v) is 4.72. The molecule has 2 aromatic rings. The fourth-order valence-electron chi connectivity index (χ4n) is 3.54. The van der Waals surface area contributed by atoms with Crippen LogP contribution < -0.4 is 10.2 Å². The van der Waals surface area contributed by atoms with Crippen molar-refractivity contribution in [3.8, 4) is 0 Å². The van der Waals surface area contributed by atoms with Crippen LogP contribution in [0.15, 0.2) is 54.6 Å². The van der Waals surface area contributed by atoms with Crippen LogP contribution >= 0.6 is 0 Å². The molecule has 6 heteroatoms. The Kier molecular flexibility index (Phi) is 4.98. The molecule has 1 aliphatic heterocycles. The third-order valence-electron chi connectivity index (χ3n) is 4.72. The zero-order valence-electron chi connectivity index (χ0n) is 16.5. The van der Waals surface area contributed by atoms with Crippen molar-refractivity contribution >= 4 is 23.6 Å². The lowest BCUT2D eigenvalue weighted by Crippen LogP contribution is -2.47. The van der Waals surface area contributed by atoms with Crippen LogP contribution in [0, 0.1) is 0 Å². The molecular weight excluding hydrogens is 356 g/mol.